The summed E-state index contributed by atoms with van der Waals surface area (Å²) in [6.45, 7) is 3.15. The normalized spacial score (nSPS) is 17.1. The first-order chi connectivity index (χ1) is 15.6. The lowest BCUT2D eigenvalue weighted by Crippen LogP contribution is -2.36. The first-order valence-electron chi connectivity index (χ1n) is 10.7. The van der Waals surface area contributed by atoms with Crippen LogP contribution in [0.3, 0.4) is 0 Å². The summed E-state index contributed by atoms with van der Waals surface area (Å²) in [5, 5.41) is 4.37. The summed E-state index contributed by atoms with van der Waals surface area (Å²) in [7, 11) is 1.94. The van der Waals surface area contributed by atoms with Gasteiger partial charge in [0.25, 0.3) is 11.8 Å². The number of carbonyl (C=O) groups is 2. The molecular formula is C25H22N4O3. The fourth-order valence-electron chi connectivity index (χ4n) is 4.85. The third-order valence-electron chi connectivity index (χ3n) is 6.41. The highest BCUT2D eigenvalue weighted by Gasteiger charge is 2.35. The zero-order valence-corrected chi connectivity index (χ0v) is 17.6. The quantitative estimate of drug-likeness (QED) is 0.494. The lowest BCUT2D eigenvalue weighted by atomic mass is 9.95. The predicted molar refractivity (Wildman–Crippen MR) is 124 cm³/mol. The van der Waals surface area contributed by atoms with Crippen LogP contribution >= 0.6 is 0 Å². The summed E-state index contributed by atoms with van der Waals surface area (Å²) < 4.78 is 7.44. The molecule has 2 amide bonds. The number of rotatable bonds is 3. The van der Waals surface area contributed by atoms with Gasteiger partial charge in [-0.3, -0.25) is 14.9 Å². The summed E-state index contributed by atoms with van der Waals surface area (Å²) in [4.78, 5) is 31.4. The summed E-state index contributed by atoms with van der Waals surface area (Å²) in [6.07, 6.45) is 3.75. The molecule has 4 heterocycles. The molecule has 0 saturated carbocycles. The Bertz CT molecular complexity index is 1440. The Morgan fingerprint density at radius 3 is 2.47 bits per heavy atom. The number of ether oxygens (including phenoxy) is 1. The molecule has 0 aliphatic carbocycles. The minimum Gasteiger partial charge on any atom is -0.378 e. The Morgan fingerprint density at radius 1 is 0.906 bits per heavy atom. The molecule has 4 aromatic rings. The second-order valence-electron chi connectivity index (χ2n) is 8.24. The highest BCUT2D eigenvalue weighted by molar-refractivity contribution is 6.50. The Kier molecular flexibility index (Phi) is 4.19. The monoisotopic (exact) mass is 426 g/mol. The second kappa shape index (κ2) is 7.10. The van der Waals surface area contributed by atoms with Gasteiger partial charge in [-0.2, -0.15) is 0 Å². The molecule has 0 atom stereocenters. The van der Waals surface area contributed by atoms with Crippen LogP contribution in [0.25, 0.3) is 33.0 Å². The van der Waals surface area contributed by atoms with Gasteiger partial charge in [-0.25, -0.2) is 0 Å². The van der Waals surface area contributed by atoms with Crippen LogP contribution in [0.1, 0.15) is 11.1 Å². The number of carbonyl (C=O) groups excluding carboxylic acids is 2. The van der Waals surface area contributed by atoms with E-state index in [0.29, 0.717) is 11.1 Å². The molecule has 2 aromatic carbocycles. The molecule has 0 bridgehead atoms. The molecule has 0 spiro atoms. The number of nitrogens with zero attached hydrogens (tertiary/aromatic N) is 2. The van der Waals surface area contributed by atoms with Gasteiger partial charge >= 0.3 is 0 Å². The van der Waals surface area contributed by atoms with Crippen LogP contribution in [0.5, 0.6) is 0 Å². The van der Waals surface area contributed by atoms with Crippen molar-refractivity contribution in [2.45, 2.75) is 0 Å². The van der Waals surface area contributed by atoms with Gasteiger partial charge in [-0.05, 0) is 18.2 Å². The van der Waals surface area contributed by atoms with E-state index in [9.17, 15) is 9.59 Å². The van der Waals surface area contributed by atoms with Crippen molar-refractivity contribution < 1.29 is 14.3 Å². The summed E-state index contributed by atoms with van der Waals surface area (Å²) in [5.41, 5.74) is 5.39. The molecule has 2 N–H and O–H groups in total. The number of imide groups is 1. The Morgan fingerprint density at radius 2 is 1.66 bits per heavy atom. The van der Waals surface area contributed by atoms with Crippen LogP contribution in [0.15, 0.2) is 54.9 Å². The average molecular weight is 426 g/mol. The molecule has 0 unspecified atom stereocenters. The highest BCUT2D eigenvalue weighted by atomic mass is 16.5. The second-order valence-corrected chi connectivity index (χ2v) is 8.24. The van der Waals surface area contributed by atoms with Crippen molar-refractivity contribution in [3.8, 4) is 0 Å². The number of anilines is 1. The minimum atomic E-state index is -0.365. The van der Waals surface area contributed by atoms with Gasteiger partial charge in [0.15, 0.2) is 0 Å². The number of morpholine rings is 1. The zero-order chi connectivity index (χ0) is 21.8. The van der Waals surface area contributed by atoms with E-state index in [1.165, 1.54) is 0 Å². The highest BCUT2D eigenvalue weighted by Crippen LogP contribution is 2.38. The zero-order valence-electron chi connectivity index (χ0n) is 17.6. The molecule has 2 aliphatic heterocycles. The standard InChI is InChI=1S/C25H22N4O3/c1-28-14-19(17-4-2-3-5-21(17)28)23-22(24(30)27-25(23)31)18-13-26-20-12-15(6-7-16(18)20)29-8-10-32-11-9-29/h2-7,12-14,26H,8-11H2,1H3,(H,27,30,31). The maximum absolute atomic E-state index is 12.9. The molecule has 2 aromatic heterocycles. The number of benzene rings is 2. The average Bonchev–Trinajstić information content (AvgIpc) is 3.47. The topological polar surface area (TPSA) is 79.4 Å². The van der Waals surface area contributed by atoms with Crippen LogP contribution in [-0.2, 0) is 21.4 Å². The van der Waals surface area contributed by atoms with E-state index in [2.05, 4.69) is 27.3 Å². The van der Waals surface area contributed by atoms with Crippen molar-refractivity contribution in [2.24, 2.45) is 7.05 Å². The van der Waals surface area contributed by atoms with Crippen molar-refractivity contribution in [2.75, 3.05) is 31.2 Å². The number of para-hydroxylation sites is 1. The van der Waals surface area contributed by atoms with E-state index in [1.807, 2.05) is 54.3 Å². The number of aromatic nitrogens is 2. The lowest BCUT2D eigenvalue weighted by molar-refractivity contribution is -0.122. The number of fused-ring (bicyclic) bond motifs is 2. The minimum absolute atomic E-state index is 0.361. The Balaban J connectivity index is 1.52. The van der Waals surface area contributed by atoms with Crippen molar-refractivity contribution in [1.29, 1.82) is 0 Å². The van der Waals surface area contributed by atoms with Crippen molar-refractivity contribution in [1.82, 2.24) is 14.9 Å². The third kappa shape index (κ3) is 2.78. The maximum atomic E-state index is 12.9. The summed E-state index contributed by atoms with van der Waals surface area (Å²) in [6, 6.07) is 14.1. The SMILES string of the molecule is Cn1cc(C2=C(c3c[nH]c4cc(N5CCOCC5)ccc34)C(=O)NC2=O)c2ccccc21. The first-order valence-corrected chi connectivity index (χ1v) is 10.7. The Labute approximate surface area is 184 Å². The third-order valence-corrected chi connectivity index (χ3v) is 6.41. The lowest BCUT2D eigenvalue weighted by Gasteiger charge is -2.28. The number of aromatic amines is 1. The van der Waals surface area contributed by atoms with E-state index in [0.717, 1.165) is 64.9 Å². The molecule has 7 heteroatoms. The van der Waals surface area contributed by atoms with Gasteiger partial charge in [-0.1, -0.05) is 24.3 Å². The molecule has 160 valence electrons. The number of H-pyrrole nitrogens is 1. The van der Waals surface area contributed by atoms with Crippen LogP contribution in [0.2, 0.25) is 0 Å². The van der Waals surface area contributed by atoms with Gasteiger partial charge in [0.1, 0.15) is 0 Å². The molecule has 0 radical (unpaired) electrons. The van der Waals surface area contributed by atoms with E-state index < -0.39 is 0 Å². The number of aryl methyl sites for hydroxylation is 1. The van der Waals surface area contributed by atoms with Crippen molar-refractivity contribution in [3.05, 3.63) is 66.0 Å². The predicted octanol–water partition coefficient (Wildman–Crippen LogP) is 3.06. The fourth-order valence-corrected chi connectivity index (χ4v) is 4.85. The van der Waals surface area contributed by atoms with Crippen LogP contribution in [0, 0.1) is 0 Å². The number of nitrogens with one attached hydrogen (secondary N) is 2. The van der Waals surface area contributed by atoms with E-state index >= 15 is 0 Å². The van der Waals surface area contributed by atoms with Crippen LogP contribution in [0.4, 0.5) is 5.69 Å². The Hall–Kier alpha value is -3.84. The molecular weight excluding hydrogens is 404 g/mol. The smallest absolute Gasteiger partial charge is 0.259 e. The molecule has 6 rings (SSSR count). The molecule has 7 nitrogen and oxygen atoms in total. The molecule has 1 saturated heterocycles. The van der Waals surface area contributed by atoms with Crippen LogP contribution < -0.4 is 10.2 Å². The van der Waals surface area contributed by atoms with Gasteiger partial charge in [0, 0.05) is 71.2 Å². The van der Waals surface area contributed by atoms with E-state index in [4.69, 9.17) is 4.74 Å². The van der Waals surface area contributed by atoms with Gasteiger partial charge in [0.05, 0.1) is 24.4 Å². The maximum Gasteiger partial charge on any atom is 0.259 e. The van der Waals surface area contributed by atoms with E-state index in [1.54, 1.807) is 0 Å². The molecule has 2 aliphatic rings. The first kappa shape index (κ1) is 18.9. The largest absolute Gasteiger partial charge is 0.378 e. The van der Waals surface area contributed by atoms with Gasteiger partial charge in [-0.15, -0.1) is 0 Å². The number of amides is 2. The van der Waals surface area contributed by atoms with Crippen LogP contribution in [-0.4, -0.2) is 47.7 Å². The fraction of sp³-hybridized carbons (Fsp3) is 0.200. The molecule has 32 heavy (non-hydrogen) atoms. The van der Waals surface area contributed by atoms with Crippen molar-refractivity contribution in [3.63, 3.8) is 0 Å². The number of hydrogen-bond donors (Lipinski definition) is 2. The molecule has 1 fully saturated rings. The van der Waals surface area contributed by atoms with E-state index in [-0.39, 0.29) is 11.8 Å². The summed E-state index contributed by atoms with van der Waals surface area (Å²) >= 11 is 0. The van der Waals surface area contributed by atoms with Gasteiger partial charge in [0.2, 0.25) is 0 Å². The van der Waals surface area contributed by atoms with Crippen molar-refractivity contribution >= 4 is 50.5 Å². The number of hydrogen-bond acceptors (Lipinski definition) is 4. The summed E-state index contributed by atoms with van der Waals surface area (Å²) in [5.74, 6) is -0.725. The van der Waals surface area contributed by atoms with Gasteiger partial charge < -0.3 is 19.2 Å².